The first-order chi connectivity index (χ1) is 14.5. The second kappa shape index (κ2) is 11.2. The Balaban J connectivity index is 1.58. The van der Waals surface area contributed by atoms with Crippen molar-refractivity contribution in [3.8, 4) is 0 Å². The molecule has 0 bridgehead atoms. The standard InChI is InChI=1S/C25H34N2O3/c1-20(2)14-26(17-24(28)18-29-19-25-11-7-13-30-25)16-23-10-6-12-27(23)15-22-9-5-4-8-21(22)3/h4-13,20,24,28H,14-19H2,1-3H3/p+1/t24-/m1/s1. The summed E-state index contributed by atoms with van der Waals surface area (Å²) in [6.45, 7) is 10.7. The van der Waals surface area contributed by atoms with Crippen molar-refractivity contribution in [2.75, 3.05) is 19.7 Å². The van der Waals surface area contributed by atoms with Crippen LogP contribution in [0.5, 0.6) is 0 Å². The second-order valence-corrected chi connectivity index (χ2v) is 8.53. The number of hydrogen-bond acceptors (Lipinski definition) is 3. The van der Waals surface area contributed by atoms with Crippen LogP contribution >= 0.6 is 0 Å². The average molecular weight is 412 g/mol. The minimum atomic E-state index is -0.506. The summed E-state index contributed by atoms with van der Waals surface area (Å²) in [7, 11) is 0. The van der Waals surface area contributed by atoms with Gasteiger partial charge in [0.25, 0.3) is 0 Å². The molecule has 3 rings (SSSR count). The molecule has 0 aliphatic heterocycles. The number of nitrogens with zero attached hydrogens (tertiary/aromatic N) is 1. The number of hydrogen-bond donors (Lipinski definition) is 2. The molecule has 0 amide bonds. The first-order valence-electron chi connectivity index (χ1n) is 10.8. The number of rotatable bonds is 12. The monoisotopic (exact) mass is 411 g/mol. The normalized spacial score (nSPS) is 13.6. The van der Waals surface area contributed by atoms with Gasteiger partial charge in [-0.3, -0.25) is 0 Å². The molecule has 0 saturated heterocycles. The summed E-state index contributed by atoms with van der Waals surface area (Å²) in [5.74, 6) is 1.33. The number of furan rings is 1. The fourth-order valence-electron chi connectivity index (χ4n) is 3.88. The van der Waals surface area contributed by atoms with E-state index in [1.165, 1.54) is 21.7 Å². The molecule has 5 nitrogen and oxygen atoms in total. The van der Waals surface area contributed by atoms with E-state index in [4.69, 9.17) is 9.15 Å². The third-order valence-electron chi connectivity index (χ3n) is 5.31. The molecular formula is C25H35N2O3+. The van der Waals surface area contributed by atoms with E-state index in [0.717, 1.165) is 25.4 Å². The number of aryl methyl sites for hydroxylation is 1. The van der Waals surface area contributed by atoms with E-state index in [0.29, 0.717) is 25.7 Å². The van der Waals surface area contributed by atoms with Crippen LogP contribution in [0.2, 0.25) is 0 Å². The van der Waals surface area contributed by atoms with Gasteiger partial charge in [-0.2, -0.15) is 0 Å². The van der Waals surface area contributed by atoms with Crippen LogP contribution in [0, 0.1) is 12.8 Å². The summed E-state index contributed by atoms with van der Waals surface area (Å²) < 4.78 is 13.2. The van der Waals surface area contributed by atoms with Gasteiger partial charge in [0.2, 0.25) is 0 Å². The van der Waals surface area contributed by atoms with E-state index in [1.807, 2.05) is 12.1 Å². The molecule has 2 N–H and O–H groups in total. The lowest BCUT2D eigenvalue weighted by molar-refractivity contribution is -0.920. The molecule has 5 heteroatoms. The molecule has 0 aliphatic carbocycles. The zero-order valence-electron chi connectivity index (χ0n) is 18.4. The molecule has 2 aromatic heterocycles. The van der Waals surface area contributed by atoms with E-state index in [-0.39, 0.29) is 0 Å². The highest BCUT2D eigenvalue weighted by Gasteiger charge is 2.19. The summed E-state index contributed by atoms with van der Waals surface area (Å²) in [6, 6.07) is 16.6. The van der Waals surface area contributed by atoms with Crippen molar-refractivity contribution in [2.24, 2.45) is 5.92 Å². The quantitative estimate of drug-likeness (QED) is 0.482. The van der Waals surface area contributed by atoms with Gasteiger partial charge in [-0.25, -0.2) is 0 Å². The van der Waals surface area contributed by atoms with Crippen molar-refractivity contribution < 1.29 is 19.2 Å². The molecule has 0 fully saturated rings. The zero-order valence-corrected chi connectivity index (χ0v) is 18.4. The number of quaternary nitrogens is 1. The highest BCUT2D eigenvalue weighted by molar-refractivity contribution is 5.26. The Hall–Kier alpha value is -2.34. The maximum Gasteiger partial charge on any atom is 0.129 e. The third-order valence-corrected chi connectivity index (χ3v) is 5.31. The number of aliphatic hydroxyl groups excluding tert-OH is 1. The van der Waals surface area contributed by atoms with Gasteiger partial charge in [-0.1, -0.05) is 38.1 Å². The lowest BCUT2D eigenvalue weighted by Gasteiger charge is -2.24. The maximum atomic E-state index is 10.5. The van der Waals surface area contributed by atoms with Crippen molar-refractivity contribution in [3.05, 3.63) is 83.6 Å². The molecule has 0 saturated carbocycles. The third kappa shape index (κ3) is 6.87. The van der Waals surface area contributed by atoms with Crippen molar-refractivity contribution in [1.82, 2.24) is 4.57 Å². The Morgan fingerprint density at radius 3 is 2.63 bits per heavy atom. The van der Waals surface area contributed by atoms with Crippen LogP contribution in [0.15, 0.2) is 65.4 Å². The van der Waals surface area contributed by atoms with Gasteiger partial charge in [-0.15, -0.1) is 0 Å². The number of benzene rings is 1. The predicted molar refractivity (Wildman–Crippen MR) is 118 cm³/mol. The van der Waals surface area contributed by atoms with Gasteiger partial charge in [-0.05, 0) is 42.3 Å². The summed E-state index contributed by atoms with van der Waals surface area (Å²) >= 11 is 0. The number of aromatic nitrogens is 1. The number of aliphatic hydroxyl groups is 1. The van der Waals surface area contributed by atoms with E-state index in [1.54, 1.807) is 6.26 Å². The largest absolute Gasteiger partial charge is 0.467 e. The maximum absolute atomic E-state index is 10.5. The molecule has 2 atom stereocenters. The highest BCUT2D eigenvalue weighted by Crippen LogP contribution is 2.11. The molecule has 2 heterocycles. The summed E-state index contributed by atoms with van der Waals surface area (Å²) in [4.78, 5) is 1.36. The van der Waals surface area contributed by atoms with Gasteiger partial charge in [0.05, 0.1) is 25.1 Å². The van der Waals surface area contributed by atoms with Gasteiger partial charge >= 0.3 is 0 Å². The van der Waals surface area contributed by atoms with Crippen LogP contribution in [0.4, 0.5) is 0 Å². The van der Waals surface area contributed by atoms with Crippen LogP contribution < -0.4 is 4.90 Å². The molecule has 0 spiro atoms. The molecule has 0 radical (unpaired) electrons. The summed E-state index contributed by atoms with van der Waals surface area (Å²) in [5.41, 5.74) is 3.94. The molecule has 162 valence electrons. The Kier molecular flexibility index (Phi) is 8.31. The van der Waals surface area contributed by atoms with Crippen LogP contribution in [0.3, 0.4) is 0 Å². The summed E-state index contributed by atoms with van der Waals surface area (Å²) in [6.07, 6.45) is 3.28. The number of ether oxygens (including phenoxy) is 1. The van der Waals surface area contributed by atoms with Crippen molar-refractivity contribution in [2.45, 2.75) is 46.6 Å². The van der Waals surface area contributed by atoms with Crippen molar-refractivity contribution >= 4 is 0 Å². The van der Waals surface area contributed by atoms with Gasteiger partial charge < -0.3 is 23.7 Å². The topological polar surface area (TPSA) is 52.0 Å². The smallest absolute Gasteiger partial charge is 0.129 e. The fourth-order valence-corrected chi connectivity index (χ4v) is 3.88. The van der Waals surface area contributed by atoms with Crippen molar-refractivity contribution in [3.63, 3.8) is 0 Å². The zero-order chi connectivity index (χ0) is 21.3. The minimum absolute atomic E-state index is 0.312. The summed E-state index contributed by atoms with van der Waals surface area (Å²) in [5, 5.41) is 10.5. The molecule has 1 unspecified atom stereocenters. The molecule has 1 aromatic carbocycles. The molecule has 3 aromatic rings. The Morgan fingerprint density at radius 2 is 1.90 bits per heavy atom. The Labute approximate surface area is 179 Å². The first-order valence-corrected chi connectivity index (χ1v) is 10.8. The highest BCUT2D eigenvalue weighted by atomic mass is 16.5. The molecule has 30 heavy (non-hydrogen) atoms. The fraction of sp³-hybridized carbons (Fsp3) is 0.440. The SMILES string of the molecule is Cc1ccccc1Cn1cccc1C[NH+](CC(C)C)C[C@@H](O)COCc1ccco1. The van der Waals surface area contributed by atoms with E-state index < -0.39 is 6.10 Å². The molecule has 0 aliphatic rings. The lowest BCUT2D eigenvalue weighted by Crippen LogP contribution is -3.12. The first kappa shape index (κ1) is 22.3. The van der Waals surface area contributed by atoms with Crippen LogP contribution in [-0.4, -0.2) is 35.5 Å². The molecular weight excluding hydrogens is 376 g/mol. The van der Waals surface area contributed by atoms with Gasteiger partial charge in [0, 0.05) is 18.7 Å². The van der Waals surface area contributed by atoms with E-state index >= 15 is 0 Å². The average Bonchev–Trinajstić information content (AvgIpc) is 3.35. The Morgan fingerprint density at radius 1 is 1.07 bits per heavy atom. The van der Waals surface area contributed by atoms with Crippen molar-refractivity contribution in [1.29, 1.82) is 0 Å². The van der Waals surface area contributed by atoms with Crippen LogP contribution in [0.1, 0.15) is 36.4 Å². The van der Waals surface area contributed by atoms with Gasteiger partial charge in [0.15, 0.2) is 0 Å². The number of nitrogens with one attached hydrogen (secondary N) is 1. The Bertz CT molecular complexity index is 870. The second-order valence-electron chi connectivity index (χ2n) is 8.53. The van der Waals surface area contributed by atoms with E-state index in [9.17, 15) is 5.11 Å². The van der Waals surface area contributed by atoms with Crippen LogP contribution in [-0.2, 0) is 24.4 Å². The minimum Gasteiger partial charge on any atom is -0.467 e. The predicted octanol–water partition coefficient (Wildman–Crippen LogP) is 3.06. The van der Waals surface area contributed by atoms with E-state index in [2.05, 4.69) is 67.9 Å². The van der Waals surface area contributed by atoms with Gasteiger partial charge in [0.1, 0.15) is 31.6 Å². The van der Waals surface area contributed by atoms with Crippen LogP contribution in [0.25, 0.3) is 0 Å². The lowest BCUT2D eigenvalue weighted by atomic mass is 10.1.